The lowest BCUT2D eigenvalue weighted by atomic mass is 10.0. The molecule has 0 unspecified atom stereocenters. The first kappa shape index (κ1) is 15.3. The number of nitrogens with one attached hydrogen (secondary N) is 1. The van der Waals surface area contributed by atoms with Gasteiger partial charge in [-0.2, -0.15) is 10.1 Å². The molecule has 1 aliphatic rings. The van der Waals surface area contributed by atoms with Gasteiger partial charge in [0, 0.05) is 11.3 Å². The number of ether oxygens (including phenoxy) is 2. The summed E-state index contributed by atoms with van der Waals surface area (Å²) >= 11 is 0. The van der Waals surface area contributed by atoms with Crippen LogP contribution in [0.4, 0.5) is 5.95 Å². The van der Waals surface area contributed by atoms with Crippen molar-refractivity contribution >= 4 is 11.6 Å². The minimum Gasteiger partial charge on any atom is -0.493 e. The minimum atomic E-state index is -0.0250. The van der Waals surface area contributed by atoms with Crippen LogP contribution in [0.15, 0.2) is 60.9 Å². The molecule has 0 amide bonds. The Kier molecular flexibility index (Phi) is 3.85. The van der Waals surface area contributed by atoms with E-state index in [0.717, 1.165) is 16.8 Å². The molecule has 1 aliphatic heterocycles. The summed E-state index contributed by atoms with van der Waals surface area (Å²) < 4.78 is 12.6. The largest absolute Gasteiger partial charge is 0.493 e. The number of anilines is 1. The molecule has 0 aliphatic carbocycles. The zero-order valence-electron chi connectivity index (χ0n) is 14.0. The summed E-state index contributed by atoms with van der Waals surface area (Å²) in [6.45, 7) is 0. The molecule has 0 spiro atoms. The molecule has 0 fully saturated rings. The Morgan fingerprint density at radius 2 is 1.80 bits per heavy atom. The molecule has 0 saturated carbocycles. The average Bonchev–Trinajstić information content (AvgIpc) is 3.16. The number of allylic oxidation sites excluding steroid dienone is 1. The maximum atomic E-state index is 5.42. The molecule has 25 heavy (non-hydrogen) atoms. The molecule has 0 radical (unpaired) electrons. The van der Waals surface area contributed by atoms with Gasteiger partial charge in [-0.15, -0.1) is 0 Å². The molecule has 0 bridgehead atoms. The van der Waals surface area contributed by atoms with Crippen molar-refractivity contribution in [2.45, 2.75) is 6.04 Å². The van der Waals surface area contributed by atoms with Gasteiger partial charge >= 0.3 is 0 Å². The number of benzene rings is 2. The van der Waals surface area contributed by atoms with Gasteiger partial charge in [-0.1, -0.05) is 30.3 Å². The highest BCUT2D eigenvalue weighted by atomic mass is 16.5. The molecule has 0 saturated heterocycles. The molecule has 6 heteroatoms. The Morgan fingerprint density at radius 1 is 1.00 bits per heavy atom. The van der Waals surface area contributed by atoms with Gasteiger partial charge in [0.25, 0.3) is 0 Å². The summed E-state index contributed by atoms with van der Waals surface area (Å²) in [5.41, 5.74) is 3.09. The second kappa shape index (κ2) is 6.32. The number of hydrogen-bond acceptors (Lipinski definition) is 5. The average molecular weight is 334 g/mol. The fraction of sp³-hybridized carbons (Fsp3) is 0.158. The van der Waals surface area contributed by atoms with E-state index in [1.54, 1.807) is 20.5 Å². The maximum Gasteiger partial charge on any atom is 0.226 e. The van der Waals surface area contributed by atoms with Gasteiger partial charge in [-0.25, -0.2) is 4.68 Å². The first-order valence-corrected chi connectivity index (χ1v) is 7.96. The Bertz CT molecular complexity index is 918. The summed E-state index contributed by atoms with van der Waals surface area (Å²) in [5, 5.41) is 7.69. The van der Waals surface area contributed by atoms with E-state index in [9.17, 15) is 0 Å². The second-order valence-electron chi connectivity index (χ2n) is 5.66. The van der Waals surface area contributed by atoms with E-state index in [4.69, 9.17) is 9.47 Å². The quantitative estimate of drug-likeness (QED) is 0.793. The summed E-state index contributed by atoms with van der Waals surface area (Å²) in [6.07, 6.45) is 3.70. The van der Waals surface area contributed by atoms with E-state index in [1.165, 1.54) is 0 Å². The predicted molar refractivity (Wildman–Crippen MR) is 95.7 cm³/mol. The number of fused-ring (bicyclic) bond motifs is 1. The third-order valence-electron chi connectivity index (χ3n) is 4.24. The van der Waals surface area contributed by atoms with Crippen LogP contribution in [-0.4, -0.2) is 29.0 Å². The van der Waals surface area contributed by atoms with Gasteiger partial charge in [-0.3, -0.25) is 0 Å². The van der Waals surface area contributed by atoms with Crippen molar-refractivity contribution in [2.24, 2.45) is 0 Å². The smallest absolute Gasteiger partial charge is 0.226 e. The maximum absolute atomic E-state index is 5.42. The van der Waals surface area contributed by atoms with Crippen molar-refractivity contribution in [3.63, 3.8) is 0 Å². The van der Waals surface area contributed by atoms with Crippen LogP contribution in [0.5, 0.6) is 11.5 Å². The number of nitrogens with zero attached hydrogens (tertiary/aromatic N) is 3. The fourth-order valence-electron chi connectivity index (χ4n) is 2.99. The van der Waals surface area contributed by atoms with Crippen LogP contribution in [0, 0.1) is 0 Å². The lowest BCUT2D eigenvalue weighted by molar-refractivity contribution is 0.355. The van der Waals surface area contributed by atoms with Gasteiger partial charge in [0.1, 0.15) is 12.4 Å². The Labute approximate surface area is 145 Å². The first-order valence-electron chi connectivity index (χ1n) is 7.96. The highest BCUT2D eigenvalue weighted by molar-refractivity contribution is 5.78. The normalized spacial score (nSPS) is 15.8. The second-order valence-corrected chi connectivity index (χ2v) is 5.66. The molecule has 2 heterocycles. The summed E-state index contributed by atoms with van der Waals surface area (Å²) in [5.74, 6) is 2.09. The van der Waals surface area contributed by atoms with Crippen LogP contribution in [0.2, 0.25) is 0 Å². The van der Waals surface area contributed by atoms with Gasteiger partial charge < -0.3 is 14.8 Å². The molecular weight excluding hydrogens is 316 g/mol. The van der Waals surface area contributed by atoms with E-state index in [1.807, 2.05) is 41.1 Å². The van der Waals surface area contributed by atoms with Gasteiger partial charge in [0.15, 0.2) is 11.5 Å². The van der Waals surface area contributed by atoms with Crippen molar-refractivity contribution in [1.82, 2.24) is 14.8 Å². The van der Waals surface area contributed by atoms with Gasteiger partial charge in [-0.05, 0) is 29.8 Å². The van der Waals surface area contributed by atoms with Crippen molar-refractivity contribution in [3.8, 4) is 11.5 Å². The zero-order valence-corrected chi connectivity index (χ0v) is 14.0. The van der Waals surface area contributed by atoms with Gasteiger partial charge in [0.2, 0.25) is 5.95 Å². The third-order valence-corrected chi connectivity index (χ3v) is 4.24. The molecule has 6 nitrogen and oxygen atoms in total. The van der Waals surface area contributed by atoms with E-state index in [-0.39, 0.29) is 6.04 Å². The number of hydrogen-bond donors (Lipinski definition) is 1. The van der Waals surface area contributed by atoms with Crippen molar-refractivity contribution in [3.05, 3.63) is 72.1 Å². The molecule has 1 aromatic heterocycles. The monoisotopic (exact) mass is 334 g/mol. The van der Waals surface area contributed by atoms with Crippen molar-refractivity contribution in [1.29, 1.82) is 0 Å². The van der Waals surface area contributed by atoms with Crippen LogP contribution in [0.3, 0.4) is 0 Å². The molecule has 2 aromatic carbocycles. The van der Waals surface area contributed by atoms with Crippen molar-refractivity contribution < 1.29 is 9.47 Å². The van der Waals surface area contributed by atoms with Crippen LogP contribution in [0.1, 0.15) is 17.2 Å². The summed E-state index contributed by atoms with van der Waals surface area (Å²) in [6, 6.07) is 16.0. The topological polar surface area (TPSA) is 61.2 Å². The molecule has 1 atom stereocenters. The van der Waals surface area contributed by atoms with Crippen LogP contribution in [0.25, 0.3) is 5.70 Å². The van der Waals surface area contributed by atoms with E-state index >= 15 is 0 Å². The Balaban J connectivity index is 1.79. The highest BCUT2D eigenvalue weighted by Gasteiger charge is 2.23. The van der Waals surface area contributed by atoms with E-state index in [2.05, 4.69) is 33.6 Å². The molecular formula is C19H18N4O2. The van der Waals surface area contributed by atoms with Crippen molar-refractivity contribution in [2.75, 3.05) is 19.5 Å². The lowest BCUT2D eigenvalue weighted by Gasteiger charge is -2.24. The first-order chi connectivity index (χ1) is 12.3. The zero-order chi connectivity index (χ0) is 17.2. The van der Waals surface area contributed by atoms with E-state index < -0.39 is 0 Å². The summed E-state index contributed by atoms with van der Waals surface area (Å²) in [4.78, 5) is 4.33. The number of rotatable bonds is 4. The Hall–Kier alpha value is -3.28. The van der Waals surface area contributed by atoms with Crippen LogP contribution < -0.4 is 14.8 Å². The molecule has 126 valence electrons. The molecule has 1 N–H and O–H groups in total. The molecule has 4 rings (SSSR count). The van der Waals surface area contributed by atoms with Gasteiger partial charge in [0.05, 0.1) is 14.2 Å². The van der Waals surface area contributed by atoms with Crippen LogP contribution in [-0.2, 0) is 0 Å². The van der Waals surface area contributed by atoms with Crippen LogP contribution >= 0.6 is 0 Å². The minimum absolute atomic E-state index is 0.0250. The predicted octanol–water partition coefficient (Wildman–Crippen LogP) is 3.35. The Morgan fingerprint density at radius 3 is 2.56 bits per heavy atom. The number of aromatic nitrogens is 3. The number of methoxy groups -OCH3 is 2. The fourth-order valence-corrected chi connectivity index (χ4v) is 2.99. The SMILES string of the molecule is COc1ccc(C2=C[C@@H](c3ccccc3)n3ncnc3N2)cc1OC. The molecule has 3 aromatic rings. The third kappa shape index (κ3) is 2.71. The standard InChI is InChI=1S/C19H18N4O2/c1-24-17-9-8-14(10-18(17)25-2)15-11-16(13-6-4-3-5-7-13)23-19(22-15)20-12-21-23/h3-12,16H,1-2H3,(H,20,21,22)/t16-/m0/s1. The summed E-state index contributed by atoms with van der Waals surface area (Å²) in [7, 11) is 3.26. The lowest BCUT2D eigenvalue weighted by Crippen LogP contribution is -2.20. The van der Waals surface area contributed by atoms with E-state index in [0.29, 0.717) is 17.4 Å². The highest BCUT2D eigenvalue weighted by Crippen LogP contribution is 2.35.